The van der Waals surface area contributed by atoms with Gasteiger partial charge in [-0.1, -0.05) is 10.3 Å². The first-order valence-corrected chi connectivity index (χ1v) is 8.64. The van der Waals surface area contributed by atoms with Gasteiger partial charge in [-0.2, -0.15) is 5.21 Å². The van der Waals surface area contributed by atoms with E-state index < -0.39 is 17.5 Å². The molecule has 0 amide bonds. The molecule has 0 fully saturated rings. The Morgan fingerprint density at radius 3 is 2.57 bits per heavy atom. The van der Waals surface area contributed by atoms with Crippen molar-refractivity contribution >= 4 is 35.8 Å². The molecule has 0 bridgehead atoms. The predicted molar refractivity (Wildman–Crippen MR) is 100 cm³/mol. The number of benzene rings is 2. The smallest absolute Gasteiger partial charge is 0.242 e. The molecule has 3 aromatic rings. The van der Waals surface area contributed by atoms with Gasteiger partial charge in [0.25, 0.3) is 0 Å². The number of H-pyrrole nitrogens is 1. The van der Waals surface area contributed by atoms with Crippen LogP contribution in [0.5, 0.6) is 5.75 Å². The van der Waals surface area contributed by atoms with Crippen LogP contribution in [0.4, 0.5) is 5.69 Å². The number of aromatic amines is 1. The summed E-state index contributed by atoms with van der Waals surface area (Å²) in [6, 6.07) is 11.9. The summed E-state index contributed by atoms with van der Waals surface area (Å²) in [5.74, 6) is -1.53. The van der Waals surface area contributed by atoms with Gasteiger partial charge in [0.05, 0.1) is 5.69 Å². The molecule has 2 aromatic carbocycles. The van der Waals surface area contributed by atoms with E-state index in [2.05, 4.69) is 20.8 Å². The number of hydrogen-bond acceptors (Lipinski definition) is 8. The summed E-state index contributed by atoms with van der Waals surface area (Å²) in [5.41, 5.74) is 1.90. The summed E-state index contributed by atoms with van der Waals surface area (Å²) < 4.78 is 7.49. The second-order valence-corrected chi connectivity index (χ2v) is 6.35. The maximum atomic E-state index is 12.1. The predicted octanol–water partition coefficient (Wildman–Crippen LogP) is 1.97. The molecule has 0 saturated heterocycles. The molecule has 0 spiro atoms. The monoisotopic (exact) mass is 395 g/mol. The minimum absolute atomic E-state index is 0.141. The van der Waals surface area contributed by atoms with Crippen molar-refractivity contribution in [3.8, 4) is 11.4 Å². The third-order valence-electron chi connectivity index (χ3n) is 4.33. The highest BCUT2D eigenvalue weighted by Gasteiger charge is 2.38. The fourth-order valence-corrected chi connectivity index (χ4v) is 3.10. The number of carbonyl (C=O) groups is 3. The van der Waals surface area contributed by atoms with Gasteiger partial charge in [0.2, 0.25) is 4.77 Å². The van der Waals surface area contributed by atoms with E-state index in [1.54, 1.807) is 41.1 Å². The lowest BCUT2D eigenvalue weighted by Crippen LogP contribution is -2.15. The first-order chi connectivity index (χ1) is 13.6. The number of fused-ring (bicyclic) bond motifs is 1. The van der Waals surface area contributed by atoms with E-state index in [0.29, 0.717) is 22.5 Å². The largest absolute Gasteiger partial charge is 0.473 e. The number of ketones is 2. The average molecular weight is 395 g/mol. The van der Waals surface area contributed by atoms with Gasteiger partial charge in [-0.3, -0.25) is 9.59 Å². The molecule has 1 aliphatic rings. The lowest BCUT2D eigenvalue weighted by Gasteiger charge is -2.10. The summed E-state index contributed by atoms with van der Waals surface area (Å²) in [5, 5.41) is 13.0. The van der Waals surface area contributed by atoms with Crippen LogP contribution in [0, 0.1) is 10.7 Å². The molecule has 9 nitrogen and oxygen atoms in total. The van der Waals surface area contributed by atoms with Crippen molar-refractivity contribution in [1.29, 1.82) is 0 Å². The third kappa shape index (κ3) is 3.09. The molecule has 4 rings (SSSR count). The standard InChI is InChI=1S/C18H13N5O4S/c24-8-15-16(25)13-6-1-10(7-14(13)17(15)26)19-9-27-12-4-2-11(3-5-12)23-18(28)20-21-22-23/h1-8,15,19H,9H2,(H,20,22,28). The molecule has 0 radical (unpaired) electrons. The molecule has 1 aliphatic carbocycles. The SMILES string of the molecule is O=CC1C(=O)c2ccc(NCOc3ccc(-n4[nH]nnc4=S)cc3)cc2C1=O. The van der Waals surface area contributed by atoms with Crippen molar-refractivity contribution in [3.63, 3.8) is 0 Å². The summed E-state index contributed by atoms with van der Waals surface area (Å²) in [6.45, 7) is 0.141. The minimum atomic E-state index is -1.22. The number of aromatic nitrogens is 4. The lowest BCUT2D eigenvalue weighted by molar-refractivity contribution is -0.108. The van der Waals surface area contributed by atoms with Gasteiger partial charge in [-0.15, -0.1) is 0 Å². The number of ether oxygens (including phenoxy) is 1. The zero-order valence-corrected chi connectivity index (χ0v) is 15.1. The topological polar surface area (TPSA) is 119 Å². The number of aldehydes is 1. The normalized spacial score (nSPS) is 15.4. The first kappa shape index (κ1) is 17.7. The van der Waals surface area contributed by atoms with Crippen molar-refractivity contribution in [3.05, 3.63) is 58.4 Å². The molecule has 1 aromatic heterocycles. The van der Waals surface area contributed by atoms with Crippen LogP contribution in [0.25, 0.3) is 5.69 Å². The molecule has 140 valence electrons. The van der Waals surface area contributed by atoms with Crippen LogP contribution in [0.3, 0.4) is 0 Å². The van der Waals surface area contributed by atoms with Gasteiger partial charge in [-0.05, 0) is 54.7 Å². The number of nitrogens with zero attached hydrogens (tertiary/aromatic N) is 3. The molecule has 0 saturated carbocycles. The van der Waals surface area contributed by atoms with Crippen LogP contribution in [0.15, 0.2) is 42.5 Å². The second kappa shape index (κ2) is 7.16. The lowest BCUT2D eigenvalue weighted by atomic mass is 10.1. The highest BCUT2D eigenvalue weighted by Crippen LogP contribution is 2.28. The molecule has 10 heteroatoms. The van der Waals surface area contributed by atoms with Gasteiger partial charge < -0.3 is 14.8 Å². The van der Waals surface area contributed by atoms with E-state index in [1.165, 1.54) is 6.07 Å². The maximum Gasteiger partial charge on any atom is 0.242 e. The summed E-state index contributed by atoms with van der Waals surface area (Å²) in [6.07, 6.45) is 0.386. The van der Waals surface area contributed by atoms with E-state index in [1.807, 2.05) is 0 Å². The number of Topliss-reactive ketones (excluding diaryl/α,β-unsaturated/α-hetero) is 2. The molecule has 1 heterocycles. The fourth-order valence-electron chi connectivity index (χ4n) is 2.91. The van der Waals surface area contributed by atoms with Crippen LogP contribution < -0.4 is 10.1 Å². The number of rotatable bonds is 6. The van der Waals surface area contributed by atoms with E-state index >= 15 is 0 Å². The number of nitrogens with one attached hydrogen (secondary N) is 2. The summed E-state index contributed by atoms with van der Waals surface area (Å²) >= 11 is 5.04. The summed E-state index contributed by atoms with van der Waals surface area (Å²) in [7, 11) is 0. The highest BCUT2D eigenvalue weighted by atomic mass is 32.1. The Balaban J connectivity index is 1.40. The zero-order chi connectivity index (χ0) is 19.7. The quantitative estimate of drug-likeness (QED) is 0.281. The molecule has 28 heavy (non-hydrogen) atoms. The van der Waals surface area contributed by atoms with E-state index in [9.17, 15) is 14.4 Å². The van der Waals surface area contributed by atoms with Crippen molar-refractivity contribution in [2.45, 2.75) is 0 Å². The number of anilines is 1. The van der Waals surface area contributed by atoms with Crippen LogP contribution in [-0.4, -0.2) is 44.8 Å². The van der Waals surface area contributed by atoms with E-state index in [4.69, 9.17) is 17.0 Å². The first-order valence-electron chi connectivity index (χ1n) is 8.23. The van der Waals surface area contributed by atoms with Gasteiger partial charge >= 0.3 is 0 Å². The van der Waals surface area contributed by atoms with Gasteiger partial charge in [0.15, 0.2) is 18.3 Å². The van der Waals surface area contributed by atoms with Crippen LogP contribution in [-0.2, 0) is 4.79 Å². The molecule has 1 unspecified atom stereocenters. The minimum Gasteiger partial charge on any atom is -0.473 e. The Kier molecular flexibility index (Phi) is 4.53. The molecular weight excluding hydrogens is 382 g/mol. The van der Waals surface area contributed by atoms with Crippen molar-refractivity contribution < 1.29 is 19.1 Å². The Hall–Kier alpha value is -3.66. The number of tetrazole rings is 1. The second-order valence-electron chi connectivity index (χ2n) is 5.98. The average Bonchev–Trinajstić information content (AvgIpc) is 3.24. The maximum absolute atomic E-state index is 12.1. The molecular formula is C18H13N5O4S. The zero-order valence-electron chi connectivity index (χ0n) is 14.3. The van der Waals surface area contributed by atoms with Crippen molar-refractivity contribution in [2.24, 2.45) is 5.92 Å². The Morgan fingerprint density at radius 2 is 1.89 bits per heavy atom. The summed E-state index contributed by atoms with van der Waals surface area (Å²) in [4.78, 5) is 35.0. The fraction of sp³-hybridized carbons (Fsp3) is 0.111. The van der Waals surface area contributed by atoms with Gasteiger partial charge in [0, 0.05) is 16.8 Å². The van der Waals surface area contributed by atoms with Crippen molar-refractivity contribution in [2.75, 3.05) is 12.0 Å². The Bertz CT molecular complexity index is 1140. The van der Waals surface area contributed by atoms with Crippen LogP contribution in [0.1, 0.15) is 20.7 Å². The molecule has 2 N–H and O–H groups in total. The highest BCUT2D eigenvalue weighted by molar-refractivity contribution is 7.71. The Labute approximate surface area is 163 Å². The van der Waals surface area contributed by atoms with Crippen LogP contribution >= 0.6 is 12.2 Å². The van der Waals surface area contributed by atoms with Gasteiger partial charge in [0.1, 0.15) is 18.0 Å². The Morgan fingerprint density at radius 1 is 1.14 bits per heavy atom. The third-order valence-corrected chi connectivity index (χ3v) is 4.60. The number of carbonyl (C=O) groups excluding carboxylic acids is 3. The van der Waals surface area contributed by atoms with Crippen LogP contribution in [0.2, 0.25) is 0 Å². The number of hydrogen-bond donors (Lipinski definition) is 2. The molecule has 1 atom stereocenters. The molecule has 0 aliphatic heterocycles. The van der Waals surface area contributed by atoms with Gasteiger partial charge in [-0.25, -0.2) is 4.68 Å². The van der Waals surface area contributed by atoms with E-state index in [0.717, 1.165) is 5.69 Å². The van der Waals surface area contributed by atoms with E-state index in [-0.39, 0.29) is 17.9 Å². The van der Waals surface area contributed by atoms with Crippen molar-refractivity contribution in [1.82, 2.24) is 20.2 Å².